The fourth-order valence-electron chi connectivity index (χ4n) is 18.3. The first kappa shape index (κ1) is 113. The molecule has 28 nitrogen and oxygen atoms in total. The minimum atomic E-state index is -3.06. The van der Waals surface area contributed by atoms with Gasteiger partial charge in [-0.15, -0.1) is 0 Å². The van der Waals surface area contributed by atoms with Gasteiger partial charge >= 0.3 is 0 Å². The van der Waals surface area contributed by atoms with Crippen LogP contribution in [-0.2, 0) is 40.6 Å². The van der Waals surface area contributed by atoms with Crippen LogP contribution in [0.5, 0.6) is 0 Å². The number of rotatable bonds is 17. The molecular weight excluding hydrogens is 1780 g/mol. The predicted octanol–water partition coefficient (Wildman–Crippen LogP) is 16.7. The van der Waals surface area contributed by atoms with Crippen LogP contribution in [0.15, 0.2) is 141 Å². The van der Waals surface area contributed by atoms with Gasteiger partial charge in [0.1, 0.15) is 46.5 Å². The summed E-state index contributed by atoms with van der Waals surface area (Å²) in [5, 5.41) is 6.15. The van der Waals surface area contributed by atoms with E-state index in [9.17, 15) is 18.0 Å². The lowest BCUT2D eigenvalue weighted by molar-refractivity contribution is -0.130. The largest absolute Gasteiger partial charge is 0.372 e. The number of carbonyl (C=O) groups is 2. The van der Waals surface area contributed by atoms with E-state index in [1.54, 1.807) is 0 Å². The molecule has 3 atom stereocenters. The quantitative estimate of drug-likeness (QED) is 0.0860. The predicted molar refractivity (Wildman–Crippen MR) is 586 cm³/mol. The average Bonchev–Trinajstić information content (AvgIpc) is 1.63. The van der Waals surface area contributed by atoms with Crippen LogP contribution in [0.1, 0.15) is 259 Å². The Labute approximate surface area is 849 Å². The zero-order valence-electron chi connectivity index (χ0n) is 91.1. The van der Waals surface area contributed by atoms with Gasteiger partial charge < -0.3 is 69.3 Å². The van der Waals surface area contributed by atoms with Crippen LogP contribution >= 0.6 is 0 Å². The minimum absolute atomic E-state index is 0.0704. The van der Waals surface area contributed by atoms with Gasteiger partial charge in [0.05, 0.1) is 31.6 Å². The second kappa shape index (κ2) is 53.7. The summed E-state index contributed by atoms with van der Waals surface area (Å²) in [6, 6.07) is 32.8. The number of anilines is 8. The van der Waals surface area contributed by atoms with E-state index in [0.717, 1.165) is 191 Å². The van der Waals surface area contributed by atoms with Crippen molar-refractivity contribution in [2.75, 3.05) is 248 Å². The molecule has 29 heteroatoms. The number of nitrogens with one attached hydrogen (secondary N) is 2. The molecule has 17 heterocycles. The first-order valence-electron chi connectivity index (χ1n) is 52.7. The van der Waals surface area contributed by atoms with Gasteiger partial charge in [-0.25, -0.2) is 48.3 Å². The van der Waals surface area contributed by atoms with Crippen molar-refractivity contribution in [3.8, 4) is 0 Å². The molecule has 9 aliphatic heterocycles. The molecule has 0 radical (unpaired) electrons. The molecule has 2 N–H and O–H groups in total. The molecule has 0 aliphatic carbocycles. The molecule has 141 heavy (non-hydrogen) atoms. The number of carbonyl (C=O) groups excluding carboxylic acids is 2. The van der Waals surface area contributed by atoms with E-state index < -0.39 is 10.0 Å². The zero-order valence-corrected chi connectivity index (χ0v) is 91.9. The molecule has 9 aliphatic rings. The van der Waals surface area contributed by atoms with Crippen LogP contribution in [0.3, 0.4) is 0 Å². The second-order valence-corrected chi connectivity index (χ2v) is 45.8. The molecule has 776 valence electrons. The molecule has 0 bridgehead atoms. The summed E-state index contributed by atoms with van der Waals surface area (Å²) in [5.74, 6) is 11.2. The lowest BCUT2D eigenvalue weighted by Gasteiger charge is -2.38. The van der Waals surface area contributed by atoms with Crippen molar-refractivity contribution >= 4 is 68.4 Å². The molecule has 8 aromatic heterocycles. The van der Waals surface area contributed by atoms with Crippen LogP contribution < -0.4 is 49.8 Å². The van der Waals surface area contributed by atoms with Crippen LogP contribution in [0.4, 0.5) is 46.5 Å². The number of amides is 2. The van der Waals surface area contributed by atoms with Crippen molar-refractivity contribution in [3.05, 3.63) is 191 Å². The Bertz CT molecular complexity index is 5110. The number of morpholine rings is 1. The Balaban J connectivity index is 0.000000166. The summed E-state index contributed by atoms with van der Waals surface area (Å²) in [6.07, 6.45) is 20.4. The van der Waals surface area contributed by atoms with Crippen LogP contribution in [0, 0.1) is 6.92 Å². The summed E-state index contributed by atoms with van der Waals surface area (Å²) in [7, 11) is -3.06. The number of nitrogens with zero attached hydrogens (tertiary/aromatic N) is 21. The van der Waals surface area contributed by atoms with Crippen molar-refractivity contribution in [2.24, 2.45) is 0 Å². The highest BCUT2D eigenvalue weighted by atomic mass is 32.2. The van der Waals surface area contributed by atoms with Gasteiger partial charge in [-0.05, 0) is 199 Å². The summed E-state index contributed by atoms with van der Waals surface area (Å²) in [6.45, 7) is 84.1. The average molecular weight is 1960 g/mol. The van der Waals surface area contributed by atoms with Gasteiger partial charge in [0.15, 0.2) is 0 Å². The number of sulfonamides is 1. The summed E-state index contributed by atoms with van der Waals surface area (Å²) in [5.41, 5.74) is 12.0. The van der Waals surface area contributed by atoms with E-state index in [2.05, 4.69) is 340 Å². The molecule has 0 spiro atoms. The fourth-order valence-corrected chi connectivity index (χ4v) is 19.2. The monoisotopic (exact) mass is 1960 g/mol. The van der Waals surface area contributed by atoms with Crippen molar-refractivity contribution in [1.29, 1.82) is 0 Å². The first-order valence-corrected chi connectivity index (χ1v) is 54.5. The third-order valence-corrected chi connectivity index (χ3v) is 29.4. The van der Waals surface area contributed by atoms with Gasteiger partial charge in [-0.3, -0.25) is 14.5 Å². The van der Waals surface area contributed by atoms with E-state index in [1.807, 2.05) is 78.3 Å². The number of fused-ring (bicyclic) bond motifs is 1. The normalized spacial score (nSPS) is 19.3. The summed E-state index contributed by atoms with van der Waals surface area (Å²) in [4.78, 5) is 87.2. The highest BCUT2D eigenvalue weighted by Crippen LogP contribution is 2.32. The van der Waals surface area contributed by atoms with Gasteiger partial charge in [-0.2, -0.15) is 4.31 Å². The molecule has 0 saturated carbocycles. The Morgan fingerprint density at radius 3 is 1.09 bits per heavy atom. The number of aryl methyl sites for hydroxylation is 1. The standard InChI is InChI=1S/C16H25N3.C15H23N3O.C15H25N3.C14H23N3.C14H22N2O.C13H21N3O2S.C13H21N3.C12H17N3O/c1-16(2,3)13-6-7-15(17-11-13)19-10-9-18-8-4-5-14(18)12-19;1-5-17-8-9-18(11-14(17)19)13-7-6-12(10-16-13)15(2,3)4;1-5-17-6-8-18(9-7-17)15-13(4)10-14(11-16-15)12(2)3;1-4-16-7-9-17(10-8-16)14-6-5-13(11-15-14)12(2)3;1-10(2)13-5-6-14(15-7-13)16-8-11(3)17-12(4)9-16;1-11(2)12-4-5-13(14-10-12)15-6-8-16(9-7-15)19(3,17)18;1-13(2,3)11-4-5-12(15-10-11)16-8-6-14-7-9-16;1-9(2)10-3-4-11(14-7-10)15-6-5-13-12(16)8-15/h6-7,11,14H,4-5,8-10,12H2,1-3H3;6-7,10H,5,8-9,11H2,1-4H3;10-12H,5-9H2,1-4H3;5-6,11-12H,4,7-10H2,1-3H3;5-7,10-12H,8-9H2,1-4H3;4-5,10-11H,6-9H2,1-3H3;4-5,10,14H,6-9H2,1-3H3;3-4,7,9H,5-6,8H2,1-2H3,(H,13,16)/t;;;;11-,12+;;;. The molecule has 17 rings (SSSR count). The van der Waals surface area contributed by atoms with E-state index in [-0.39, 0.29) is 40.3 Å². The maximum absolute atomic E-state index is 11.9. The lowest BCUT2D eigenvalue weighted by atomic mass is 9.88. The van der Waals surface area contributed by atoms with Gasteiger partial charge in [0, 0.05) is 226 Å². The highest BCUT2D eigenvalue weighted by molar-refractivity contribution is 7.88. The second-order valence-electron chi connectivity index (χ2n) is 43.8. The van der Waals surface area contributed by atoms with E-state index >= 15 is 0 Å². The molecule has 0 aromatic carbocycles. The van der Waals surface area contributed by atoms with Crippen molar-refractivity contribution in [2.45, 2.75) is 250 Å². The number of aromatic nitrogens is 8. The van der Waals surface area contributed by atoms with Gasteiger partial charge in [0.2, 0.25) is 21.8 Å². The zero-order chi connectivity index (χ0) is 102. The Hall–Kier alpha value is -9.75. The molecule has 9 fully saturated rings. The Morgan fingerprint density at radius 1 is 0.376 bits per heavy atom. The number of pyridine rings is 8. The van der Waals surface area contributed by atoms with Crippen molar-refractivity contribution in [3.63, 3.8) is 0 Å². The number of hydrogen-bond donors (Lipinski definition) is 2. The van der Waals surface area contributed by atoms with E-state index in [4.69, 9.17) is 9.72 Å². The van der Waals surface area contributed by atoms with Crippen LogP contribution in [-0.4, -0.2) is 311 Å². The lowest BCUT2D eigenvalue weighted by Crippen LogP contribution is -2.50. The van der Waals surface area contributed by atoms with Gasteiger partial charge in [-0.1, -0.05) is 194 Å². The highest BCUT2D eigenvalue weighted by Gasteiger charge is 2.33. The molecule has 9 saturated heterocycles. The number of hydrogen-bond acceptors (Lipinski definition) is 25. The molecule has 8 aromatic rings. The van der Waals surface area contributed by atoms with Crippen molar-refractivity contribution in [1.82, 2.24) is 74.4 Å². The Morgan fingerprint density at radius 2 is 0.730 bits per heavy atom. The maximum atomic E-state index is 11.9. The van der Waals surface area contributed by atoms with E-state index in [0.29, 0.717) is 75.4 Å². The third-order valence-electron chi connectivity index (χ3n) is 28.1. The van der Waals surface area contributed by atoms with Crippen molar-refractivity contribution < 1.29 is 22.7 Å². The third kappa shape index (κ3) is 35.0. The summed E-state index contributed by atoms with van der Waals surface area (Å²) < 4.78 is 30.1. The summed E-state index contributed by atoms with van der Waals surface area (Å²) >= 11 is 0. The fraction of sp³-hybridized carbons (Fsp3) is 0.625. The SMILES string of the molecule is CC(C)(C)c1ccc(N2CCN3CCCC3C2)nc1.CC(C)(C)c1ccc(N2CCNCC2)nc1.CC(C)c1ccc(N2CCN(S(C)(=O)=O)CC2)nc1.CC(C)c1ccc(N2CCNC(=O)C2)nc1.CC(C)c1ccc(N2C[C@@H](C)O[C@@H](C)C2)nc1.CCN1CCN(c2ccc(C(C)(C)C)cn2)CC1=O.CCN1CCN(c2ccc(C(C)C)cn2)CC1.CCN1CCN(c2ncc(C(C)C)cc2C)CC1. The number of piperazine rings is 7. The van der Waals surface area contributed by atoms with Crippen LogP contribution in [0.25, 0.3) is 0 Å². The topological polar surface area (TPSA) is 247 Å². The molecule has 2 amide bonds. The maximum Gasteiger partial charge on any atom is 0.242 e. The smallest absolute Gasteiger partial charge is 0.242 e. The Kier molecular flexibility index (Phi) is 43.1. The number of ether oxygens (including phenoxy) is 1. The first-order chi connectivity index (χ1) is 66.9. The van der Waals surface area contributed by atoms with E-state index in [1.165, 1.54) is 92.4 Å². The number of likely N-dealkylation sites (N-methyl/N-ethyl adjacent to an activating group) is 3. The molecule has 1 unspecified atom stereocenters. The molecular formula is C112H177N23O5S. The minimum Gasteiger partial charge on any atom is -0.372 e. The van der Waals surface area contributed by atoms with Gasteiger partial charge in [0.25, 0.3) is 0 Å². The van der Waals surface area contributed by atoms with Crippen LogP contribution in [0.2, 0.25) is 0 Å².